The molecule has 0 aliphatic rings. The van der Waals surface area contributed by atoms with Gasteiger partial charge < -0.3 is 0 Å². The van der Waals surface area contributed by atoms with Crippen molar-refractivity contribution in [1.29, 1.82) is 0 Å². The lowest BCUT2D eigenvalue weighted by atomic mass is 10.4. The van der Waals surface area contributed by atoms with E-state index in [9.17, 15) is 4.79 Å². The van der Waals surface area contributed by atoms with Gasteiger partial charge in [-0.3, -0.25) is 4.57 Å². The predicted octanol–water partition coefficient (Wildman–Crippen LogP) is 1.10. The number of aromatic nitrogens is 4. The summed E-state index contributed by atoms with van der Waals surface area (Å²) in [7, 11) is 0. The van der Waals surface area contributed by atoms with Crippen LogP contribution in [-0.2, 0) is 6.54 Å². The summed E-state index contributed by atoms with van der Waals surface area (Å²) in [5.74, 6) is 0. The SMILES string of the molecule is Cc1cnc(=O)n(Cc2nnc(Cl)s2)c1. The van der Waals surface area contributed by atoms with Gasteiger partial charge in [0.05, 0.1) is 6.54 Å². The molecule has 2 heterocycles. The van der Waals surface area contributed by atoms with Gasteiger partial charge in [-0.05, 0) is 24.1 Å². The summed E-state index contributed by atoms with van der Waals surface area (Å²) >= 11 is 6.89. The van der Waals surface area contributed by atoms with Crippen molar-refractivity contribution in [3.63, 3.8) is 0 Å². The van der Waals surface area contributed by atoms with E-state index >= 15 is 0 Å². The lowest BCUT2D eigenvalue weighted by molar-refractivity contribution is 0.710. The maximum Gasteiger partial charge on any atom is 0.347 e. The standard InChI is InChI=1S/C8H7ClN4OS/c1-5-2-10-8(14)13(3-5)4-6-11-12-7(9)15-6/h2-3H,4H2,1H3. The molecule has 0 radical (unpaired) electrons. The Morgan fingerprint density at radius 1 is 1.53 bits per heavy atom. The van der Waals surface area contributed by atoms with Crippen LogP contribution in [0.5, 0.6) is 0 Å². The molecule has 2 aromatic rings. The Bertz CT molecular complexity index is 535. The van der Waals surface area contributed by atoms with Gasteiger partial charge in [-0.25, -0.2) is 9.78 Å². The number of nitrogens with zero attached hydrogens (tertiary/aromatic N) is 4. The quantitative estimate of drug-likeness (QED) is 0.791. The first kappa shape index (κ1) is 10.3. The summed E-state index contributed by atoms with van der Waals surface area (Å²) in [5.41, 5.74) is 0.622. The highest BCUT2D eigenvalue weighted by atomic mass is 35.5. The van der Waals surface area contributed by atoms with Crippen LogP contribution in [0.1, 0.15) is 10.6 Å². The second-order valence-electron chi connectivity index (χ2n) is 2.99. The van der Waals surface area contributed by atoms with E-state index in [1.807, 2.05) is 6.92 Å². The molecule has 5 nitrogen and oxygen atoms in total. The normalized spacial score (nSPS) is 10.5. The minimum atomic E-state index is -0.299. The minimum Gasteiger partial charge on any atom is -0.292 e. The summed E-state index contributed by atoms with van der Waals surface area (Å²) in [4.78, 5) is 15.1. The average Bonchev–Trinajstić information content (AvgIpc) is 2.58. The molecule has 2 aromatic heterocycles. The van der Waals surface area contributed by atoms with Crippen molar-refractivity contribution in [3.05, 3.63) is 37.9 Å². The zero-order valence-electron chi connectivity index (χ0n) is 7.85. The van der Waals surface area contributed by atoms with Crippen LogP contribution in [0.3, 0.4) is 0 Å². The van der Waals surface area contributed by atoms with Crippen molar-refractivity contribution < 1.29 is 0 Å². The number of halogens is 1. The molecule has 0 amide bonds. The van der Waals surface area contributed by atoms with Crippen molar-refractivity contribution in [2.75, 3.05) is 0 Å². The van der Waals surface area contributed by atoms with Crippen LogP contribution in [0, 0.1) is 6.92 Å². The molecule has 0 N–H and O–H groups in total. The van der Waals surface area contributed by atoms with Gasteiger partial charge in [0.2, 0.25) is 4.47 Å². The summed E-state index contributed by atoms with van der Waals surface area (Å²) in [6.07, 6.45) is 3.26. The molecule has 0 saturated heterocycles. The van der Waals surface area contributed by atoms with E-state index < -0.39 is 0 Å². The highest BCUT2D eigenvalue weighted by Gasteiger charge is 2.04. The third kappa shape index (κ3) is 2.40. The van der Waals surface area contributed by atoms with Gasteiger partial charge in [-0.1, -0.05) is 11.3 Å². The summed E-state index contributed by atoms with van der Waals surface area (Å²) in [6, 6.07) is 0. The summed E-state index contributed by atoms with van der Waals surface area (Å²) in [6.45, 7) is 2.23. The minimum absolute atomic E-state index is 0.299. The van der Waals surface area contributed by atoms with Crippen LogP contribution in [0.4, 0.5) is 0 Å². The molecule has 0 bridgehead atoms. The first-order chi connectivity index (χ1) is 7.15. The van der Waals surface area contributed by atoms with Crippen molar-refractivity contribution in [1.82, 2.24) is 19.7 Å². The zero-order valence-corrected chi connectivity index (χ0v) is 9.42. The number of aryl methyl sites for hydroxylation is 1. The molecule has 7 heteroatoms. The van der Waals surface area contributed by atoms with Crippen molar-refractivity contribution >= 4 is 22.9 Å². The number of hydrogen-bond donors (Lipinski definition) is 0. The second kappa shape index (κ2) is 4.08. The molecule has 2 rings (SSSR count). The van der Waals surface area contributed by atoms with Crippen molar-refractivity contribution in [3.8, 4) is 0 Å². The molecule has 0 atom stereocenters. The van der Waals surface area contributed by atoms with Gasteiger partial charge in [0, 0.05) is 12.4 Å². The fourth-order valence-electron chi connectivity index (χ4n) is 1.12. The molecule has 0 aliphatic carbocycles. The van der Waals surface area contributed by atoms with Gasteiger partial charge in [-0.2, -0.15) is 0 Å². The first-order valence-electron chi connectivity index (χ1n) is 4.16. The Kier molecular flexibility index (Phi) is 2.79. The number of rotatable bonds is 2. The molecule has 0 unspecified atom stereocenters. The molecular weight excluding hydrogens is 236 g/mol. The Labute approximate surface area is 94.4 Å². The Balaban J connectivity index is 2.31. The van der Waals surface area contributed by atoms with Crippen LogP contribution < -0.4 is 5.69 Å². The highest BCUT2D eigenvalue weighted by molar-refractivity contribution is 7.15. The lowest BCUT2D eigenvalue weighted by Gasteiger charge is -2.01. The topological polar surface area (TPSA) is 60.7 Å². The van der Waals surface area contributed by atoms with Crippen molar-refractivity contribution in [2.45, 2.75) is 13.5 Å². The monoisotopic (exact) mass is 242 g/mol. The van der Waals surface area contributed by atoms with Crippen molar-refractivity contribution in [2.24, 2.45) is 0 Å². The van der Waals surface area contributed by atoms with Gasteiger partial charge in [0.1, 0.15) is 5.01 Å². The summed E-state index contributed by atoms with van der Waals surface area (Å²) < 4.78 is 1.85. The van der Waals surface area contributed by atoms with Crippen LogP contribution in [-0.4, -0.2) is 19.7 Å². The Hall–Kier alpha value is -1.27. The highest BCUT2D eigenvalue weighted by Crippen LogP contribution is 2.15. The van der Waals surface area contributed by atoms with Gasteiger partial charge in [-0.15, -0.1) is 10.2 Å². The van der Waals surface area contributed by atoms with Gasteiger partial charge >= 0.3 is 5.69 Å². The van der Waals surface area contributed by atoms with Gasteiger partial charge in [0.15, 0.2) is 0 Å². The largest absolute Gasteiger partial charge is 0.347 e. The summed E-state index contributed by atoms with van der Waals surface area (Å²) in [5, 5.41) is 8.18. The van der Waals surface area contributed by atoms with Crippen LogP contribution in [0.2, 0.25) is 4.47 Å². The first-order valence-corrected chi connectivity index (χ1v) is 5.35. The molecule has 78 valence electrons. The van der Waals surface area contributed by atoms with E-state index in [2.05, 4.69) is 15.2 Å². The maximum absolute atomic E-state index is 11.4. The number of hydrogen-bond acceptors (Lipinski definition) is 5. The van der Waals surface area contributed by atoms with E-state index in [0.29, 0.717) is 16.0 Å². The smallest absolute Gasteiger partial charge is 0.292 e. The van der Waals surface area contributed by atoms with E-state index in [1.165, 1.54) is 22.1 Å². The predicted molar refractivity (Wildman–Crippen MR) is 57.3 cm³/mol. The van der Waals surface area contributed by atoms with E-state index in [4.69, 9.17) is 11.6 Å². The van der Waals surface area contributed by atoms with E-state index in [1.54, 1.807) is 6.20 Å². The molecule has 0 aliphatic heterocycles. The van der Waals surface area contributed by atoms with E-state index in [-0.39, 0.29) is 5.69 Å². The fraction of sp³-hybridized carbons (Fsp3) is 0.250. The average molecular weight is 243 g/mol. The second-order valence-corrected chi connectivity index (χ2v) is 4.63. The molecule has 0 fully saturated rings. The van der Waals surface area contributed by atoms with Gasteiger partial charge in [0.25, 0.3) is 0 Å². The molecule has 0 aromatic carbocycles. The Morgan fingerprint density at radius 2 is 2.33 bits per heavy atom. The molecule has 15 heavy (non-hydrogen) atoms. The van der Waals surface area contributed by atoms with Crippen LogP contribution in [0.25, 0.3) is 0 Å². The third-order valence-corrected chi connectivity index (χ3v) is 2.74. The molecule has 0 spiro atoms. The maximum atomic E-state index is 11.4. The lowest BCUT2D eigenvalue weighted by Crippen LogP contribution is -2.22. The fourth-order valence-corrected chi connectivity index (χ4v) is 1.99. The van der Waals surface area contributed by atoms with E-state index in [0.717, 1.165) is 5.56 Å². The van der Waals surface area contributed by atoms with Crippen LogP contribution >= 0.6 is 22.9 Å². The Morgan fingerprint density at radius 3 is 3.00 bits per heavy atom. The molecule has 0 saturated carbocycles. The molecular formula is C8H7ClN4OS. The zero-order chi connectivity index (χ0) is 10.8. The third-order valence-electron chi connectivity index (χ3n) is 1.73. The van der Waals surface area contributed by atoms with Crippen LogP contribution in [0.15, 0.2) is 17.2 Å².